The molecule has 1 aromatic carbocycles. The summed E-state index contributed by atoms with van der Waals surface area (Å²) in [4.78, 5) is 2.15. The monoisotopic (exact) mass is 222 g/mol. The van der Waals surface area contributed by atoms with Crippen molar-refractivity contribution >= 4 is 11.4 Å². The zero-order valence-electron chi connectivity index (χ0n) is 9.99. The number of hydrogen-bond donors (Lipinski definition) is 1. The second kappa shape index (κ2) is 3.87. The molecule has 0 unspecified atom stereocenters. The van der Waals surface area contributed by atoms with Gasteiger partial charge in [-0.3, -0.25) is 0 Å². The van der Waals surface area contributed by atoms with Crippen LogP contribution in [0.1, 0.15) is 13.8 Å². The second-order valence-electron chi connectivity index (χ2n) is 4.70. The van der Waals surface area contributed by atoms with Gasteiger partial charge in [0.25, 0.3) is 0 Å². The lowest BCUT2D eigenvalue weighted by molar-refractivity contribution is 0.0892. The van der Waals surface area contributed by atoms with Crippen LogP contribution in [0.4, 0.5) is 11.4 Å². The van der Waals surface area contributed by atoms with E-state index in [4.69, 9.17) is 15.2 Å². The second-order valence-corrected chi connectivity index (χ2v) is 4.70. The average molecular weight is 222 g/mol. The van der Waals surface area contributed by atoms with Crippen LogP contribution in [0.25, 0.3) is 0 Å². The lowest BCUT2D eigenvalue weighted by Crippen LogP contribution is -2.47. The number of nitrogen functional groups attached to an aromatic ring is 1. The third-order valence-corrected chi connectivity index (χ3v) is 2.57. The molecule has 1 heterocycles. The van der Waals surface area contributed by atoms with E-state index in [2.05, 4.69) is 18.7 Å². The zero-order chi connectivity index (χ0) is 11.8. The molecule has 0 aliphatic carbocycles. The first-order chi connectivity index (χ1) is 7.52. The molecule has 0 radical (unpaired) electrons. The molecule has 0 spiro atoms. The van der Waals surface area contributed by atoms with Gasteiger partial charge in [0.15, 0.2) is 0 Å². The molecule has 1 aromatic rings. The lowest BCUT2D eigenvalue weighted by Gasteiger charge is -2.40. The van der Waals surface area contributed by atoms with Crippen molar-refractivity contribution in [1.29, 1.82) is 0 Å². The first kappa shape index (κ1) is 11.1. The van der Waals surface area contributed by atoms with Gasteiger partial charge >= 0.3 is 0 Å². The minimum atomic E-state index is -0.223. The summed E-state index contributed by atoms with van der Waals surface area (Å²) in [7, 11) is 1.69. The van der Waals surface area contributed by atoms with Crippen LogP contribution in [0.5, 0.6) is 5.75 Å². The Hall–Kier alpha value is -1.42. The van der Waals surface area contributed by atoms with E-state index in [9.17, 15) is 0 Å². The number of methoxy groups -OCH3 is 1. The Bertz CT molecular complexity index is 391. The van der Waals surface area contributed by atoms with Crippen LogP contribution >= 0.6 is 0 Å². The summed E-state index contributed by atoms with van der Waals surface area (Å²) >= 11 is 0. The lowest BCUT2D eigenvalue weighted by atomic mass is 10.1. The summed E-state index contributed by atoms with van der Waals surface area (Å²) in [5, 5.41) is 0. The van der Waals surface area contributed by atoms with Crippen LogP contribution < -0.4 is 15.4 Å². The molecule has 2 N–H and O–H groups in total. The van der Waals surface area contributed by atoms with E-state index in [1.54, 1.807) is 7.11 Å². The highest BCUT2D eigenvalue weighted by Gasteiger charge is 2.31. The van der Waals surface area contributed by atoms with E-state index < -0.39 is 0 Å². The van der Waals surface area contributed by atoms with Crippen LogP contribution in [0.15, 0.2) is 18.2 Å². The summed E-state index contributed by atoms with van der Waals surface area (Å²) in [6.45, 7) is 5.48. The van der Waals surface area contributed by atoms with E-state index in [1.807, 2.05) is 18.2 Å². The quantitative estimate of drug-likeness (QED) is 0.776. The fraction of sp³-hybridized carbons (Fsp3) is 0.500. The minimum absolute atomic E-state index is 0.223. The van der Waals surface area contributed by atoms with Crippen LogP contribution in [-0.4, -0.2) is 26.0 Å². The standard InChI is InChI=1S/C12H18N2O2/c1-12(2)7-14(8-15-3)10-5-4-9(13)6-11(10)16-12/h4-6H,7-8,13H2,1-3H3. The molecule has 88 valence electrons. The molecule has 0 atom stereocenters. The van der Waals surface area contributed by atoms with Gasteiger partial charge in [-0.05, 0) is 26.0 Å². The number of ether oxygens (including phenoxy) is 2. The number of fused-ring (bicyclic) bond motifs is 1. The highest BCUT2D eigenvalue weighted by Crippen LogP contribution is 2.37. The van der Waals surface area contributed by atoms with Crippen molar-refractivity contribution in [3.63, 3.8) is 0 Å². The maximum absolute atomic E-state index is 5.90. The van der Waals surface area contributed by atoms with Gasteiger partial charge in [0, 0.05) is 18.9 Å². The molecule has 0 amide bonds. The smallest absolute Gasteiger partial charge is 0.145 e. The Morgan fingerprint density at radius 3 is 2.94 bits per heavy atom. The van der Waals surface area contributed by atoms with E-state index in [0.29, 0.717) is 12.4 Å². The Morgan fingerprint density at radius 1 is 1.50 bits per heavy atom. The van der Waals surface area contributed by atoms with Gasteiger partial charge in [0.1, 0.15) is 18.1 Å². The molecule has 16 heavy (non-hydrogen) atoms. The van der Waals surface area contributed by atoms with Crippen molar-refractivity contribution in [2.24, 2.45) is 0 Å². The molecule has 0 fully saturated rings. The Kier molecular flexibility index (Phi) is 2.68. The fourth-order valence-corrected chi connectivity index (χ4v) is 2.02. The number of nitrogens with zero attached hydrogens (tertiary/aromatic N) is 1. The van der Waals surface area contributed by atoms with Gasteiger partial charge in [-0.1, -0.05) is 0 Å². The molecule has 4 heteroatoms. The zero-order valence-corrected chi connectivity index (χ0v) is 9.99. The van der Waals surface area contributed by atoms with Gasteiger partial charge in [-0.15, -0.1) is 0 Å². The van der Waals surface area contributed by atoms with Crippen molar-refractivity contribution in [2.45, 2.75) is 19.4 Å². The topological polar surface area (TPSA) is 47.7 Å². The summed E-state index contributed by atoms with van der Waals surface area (Å²) in [6.07, 6.45) is 0. The highest BCUT2D eigenvalue weighted by molar-refractivity contribution is 5.65. The largest absolute Gasteiger partial charge is 0.484 e. The molecular weight excluding hydrogens is 204 g/mol. The normalized spacial score (nSPS) is 17.8. The number of rotatable bonds is 2. The number of anilines is 2. The van der Waals surface area contributed by atoms with Crippen LogP contribution in [0.3, 0.4) is 0 Å². The molecule has 1 aliphatic rings. The fourth-order valence-electron chi connectivity index (χ4n) is 2.02. The van der Waals surface area contributed by atoms with Crippen LogP contribution in [-0.2, 0) is 4.74 Å². The van der Waals surface area contributed by atoms with Gasteiger partial charge < -0.3 is 20.1 Å². The summed E-state index contributed by atoms with van der Waals surface area (Å²) in [5.74, 6) is 0.827. The van der Waals surface area contributed by atoms with Crippen molar-refractivity contribution in [3.8, 4) is 5.75 Å². The predicted molar refractivity (Wildman–Crippen MR) is 64.8 cm³/mol. The average Bonchev–Trinajstić information content (AvgIpc) is 2.15. The number of hydrogen-bond acceptors (Lipinski definition) is 4. The summed E-state index contributed by atoms with van der Waals surface area (Å²) < 4.78 is 11.1. The van der Waals surface area contributed by atoms with Gasteiger partial charge in [0.2, 0.25) is 0 Å². The van der Waals surface area contributed by atoms with Crippen molar-refractivity contribution in [1.82, 2.24) is 0 Å². The molecular formula is C12H18N2O2. The Labute approximate surface area is 95.9 Å². The molecule has 0 saturated heterocycles. The van der Waals surface area contributed by atoms with E-state index in [-0.39, 0.29) is 5.60 Å². The molecule has 0 aromatic heterocycles. The van der Waals surface area contributed by atoms with Gasteiger partial charge in [-0.2, -0.15) is 0 Å². The molecule has 2 rings (SSSR count). The van der Waals surface area contributed by atoms with Crippen molar-refractivity contribution in [2.75, 3.05) is 31.0 Å². The number of nitrogens with two attached hydrogens (primary N) is 1. The van der Waals surface area contributed by atoms with Crippen LogP contribution in [0.2, 0.25) is 0 Å². The molecule has 1 aliphatic heterocycles. The maximum atomic E-state index is 5.90. The third-order valence-electron chi connectivity index (χ3n) is 2.57. The van der Waals surface area contributed by atoms with Gasteiger partial charge in [0.05, 0.1) is 12.2 Å². The first-order valence-corrected chi connectivity index (χ1v) is 5.34. The first-order valence-electron chi connectivity index (χ1n) is 5.34. The minimum Gasteiger partial charge on any atom is -0.484 e. The highest BCUT2D eigenvalue weighted by atomic mass is 16.5. The molecule has 0 saturated carbocycles. The van der Waals surface area contributed by atoms with Crippen LogP contribution in [0, 0.1) is 0 Å². The van der Waals surface area contributed by atoms with E-state index in [0.717, 1.165) is 18.0 Å². The maximum Gasteiger partial charge on any atom is 0.145 e. The predicted octanol–water partition coefficient (Wildman–Crippen LogP) is 1.85. The Balaban J connectivity index is 2.38. The molecule has 4 nitrogen and oxygen atoms in total. The van der Waals surface area contributed by atoms with E-state index in [1.165, 1.54) is 0 Å². The third kappa shape index (κ3) is 2.07. The van der Waals surface area contributed by atoms with Crippen molar-refractivity contribution in [3.05, 3.63) is 18.2 Å². The molecule has 0 bridgehead atoms. The van der Waals surface area contributed by atoms with E-state index >= 15 is 0 Å². The summed E-state index contributed by atoms with van der Waals surface area (Å²) in [6, 6.07) is 5.71. The van der Waals surface area contributed by atoms with Gasteiger partial charge in [-0.25, -0.2) is 0 Å². The Morgan fingerprint density at radius 2 is 2.25 bits per heavy atom. The number of benzene rings is 1. The van der Waals surface area contributed by atoms with Crippen molar-refractivity contribution < 1.29 is 9.47 Å². The SMILES string of the molecule is COCN1CC(C)(C)Oc2cc(N)ccc21. The summed E-state index contributed by atoms with van der Waals surface area (Å²) in [5.41, 5.74) is 7.29.